The fraction of sp³-hybridized carbons (Fsp3) is 0.375. The minimum absolute atomic E-state index is 0.438. The molecule has 0 atom stereocenters. The van der Waals surface area contributed by atoms with E-state index in [1.54, 1.807) is 4.31 Å². The van der Waals surface area contributed by atoms with E-state index in [2.05, 4.69) is 21.7 Å². The Morgan fingerprint density at radius 2 is 1.63 bits per heavy atom. The smallest absolute Gasteiger partial charge is 0.243 e. The van der Waals surface area contributed by atoms with Crippen LogP contribution in [0.15, 0.2) is 59.8 Å². The van der Waals surface area contributed by atoms with Gasteiger partial charge >= 0.3 is 0 Å². The van der Waals surface area contributed by atoms with Crippen molar-refractivity contribution in [2.75, 3.05) is 13.1 Å². The second-order valence-corrected chi connectivity index (χ2v) is 10.2. The van der Waals surface area contributed by atoms with Crippen molar-refractivity contribution in [3.05, 3.63) is 71.5 Å². The molecule has 1 aromatic heterocycles. The number of hydrogen-bond acceptors (Lipinski definition) is 3. The Morgan fingerprint density at radius 3 is 2.27 bits per heavy atom. The van der Waals surface area contributed by atoms with Crippen LogP contribution in [0.5, 0.6) is 0 Å². The molecule has 2 heterocycles. The third kappa shape index (κ3) is 4.07. The quantitative estimate of drug-likeness (QED) is 0.604. The molecule has 2 aromatic carbocycles. The van der Waals surface area contributed by atoms with E-state index in [1.807, 2.05) is 63.5 Å². The molecule has 5 nitrogen and oxygen atoms in total. The number of nitrogens with zero attached hydrogens (tertiary/aromatic N) is 3. The van der Waals surface area contributed by atoms with Crippen LogP contribution < -0.4 is 0 Å². The number of benzene rings is 2. The fourth-order valence-corrected chi connectivity index (χ4v) is 6.50. The molecule has 1 aliphatic rings. The number of hydrogen-bond donors (Lipinski definition) is 0. The summed E-state index contributed by atoms with van der Waals surface area (Å²) in [6, 6.07) is 14.1. The van der Waals surface area contributed by atoms with Crippen molar-refractivity contribution < 1.29 is 8.42 Å². The molecule has 0 unspecified atom stereocenters. The van der Waals surface area contributed by atoms with Gasteiger partial charge in [0, 0.05) is 37.6 Å². The van der Waals surface area contributed by atoms with E-state index in [9.17, 15) is 8.42 Å². The second-order valence-electron chi connectivity index (χ2n) is 8.34. The molecule has 1 fully saturated rings. The summed E-state index contributed by atoms with van der Waals surface area (Å²) in [5.74, 6) is 1.41. The molecule has 0 bridgehead atoms. The van der Waals surface area contributed by atoms with Gasteiger partial charge in [0.25, 0.3) is 0 Å². The predicted octanol–water partition coefficient (Wildman–Crippen LogP) is 4.58. The number of imidazole rings is 1. The Balaban J connectivity index is 1.46. The van der Waals surface area contributed by atoms with Gasteiger partial charge in [-0.2, -0.15) is 4.31 Å². The predicted molar refractivity (Wildman–Crippen MR) is 120 cm³/mol. The lowest BCUT2D eigenvalue weighted by atomic mass is 9.98. The first-order chi connectivity index (χ1) is 14.4. The van der Waals surface area contributed by atoms with Crippen molar-refractivity contribution in [2.45, 2.75) is 45.1 Å². The van der Waals surface area contributed by atoms with Gasteiger partial charge in [-0.05, 0) is 50.7 Å². The number of aromatic nitrogens is 2. The molecule has 30 heavy (non-hydrogen) atoms. The van der Waals surface area contributed by atoms with Gasteiger partial charge in [-0.3, -0.25) is 0 Å². The van der Waals surface area contributed by atoms with Gasteiger partial charge in [0.05, 0.1) is 4.90 Å². The van der Waals surface area contributed by atoms with Gasteiger partial charge in [0.1, 0.15) is 5.82 Å². The number of piperidine rings is 1. The Morgan fingerprint density at radius 1 is 1.00 bits per heavy atom. The average Bonchev–Trinajstić information content (AvgIpc) is 3.16. The third-order valence-corrected chi connectivity index (χ3v) is 8.18. The van der Waals surface area contributed by atoms with E-state index in [4.69, 9.17) is 0 Å². The standard InChI is InChI=1S/C24H29N3O2S/c1-18-15-19(2)23(20(3)16-18)30(28,29)27-12-9-21(10-13-27)17-26-14-11-25-24(26)22-7-5-4-6-8-22/h4-8,11,14-16,21H,9-10,12-13,17H2,1-3H3. The van der Waals surface area contributed by atoms with Gasteiger partial charge in [-0.25, -0.2) is 13.4 Å². The van der Waals surface area contributed by atoms with Gasteiger partial charge < -0.3 is 4.57 Å². The van der Waals surface area contributed by atoms with Crippen molar-refractivity contribution in [1.29, 1.82) is 0 Å². The highest BCUT2D eigenvalue weighted by Crippen LogP contribution is 2.30. The molecular formula is C24H29N3O2S. The summed E-state index contributed by atoms with van der Waals surface area (Å²) in [5, 5.41) is 0. The van der Waals surface area contributed by atoms with E-state index in [1.165, 1.54) is 0 Å². The molecule has 6 heteroatoms. The van der Waals surface area contributed by atoms with Crippen molar-refractivity contribution in [2.24, 2.45) is 5.92 Å². The van der Waals surface area contributed by atoms with Crippen LogP contribution in [0, 0.1) is 26.7 Å². The molecule has 0 radical (unpaired) electrons. The summed E-state index contributed by atoms with van der Waals surface area (Å²) in [4.78, 5) is 5.01. The lowest BCUT2D eigenvalue weighted by Crippen LogP contribution is -2.39. The first-order valence-corrected chi connectivity index (χ1v) is 11.9. The van der Waals surface area contributed by atoms with Crippen molar-refractivity contribution in [1.82, 2.24) is 13.9 Å². The Kier molecular flexibility index (Phi) is 5.80. The molecule has 1 saturated heterocycles. The van der Waals surface area contributed by atoms with Crippen LogP contribution in [0.2, 0.25) is 0 Å². The molecule has 0 amide bonds. The monoisotopic (exact) mass is 423 g/mol. The van der Waals surface area contributed by atoms with Crippen LogP contribution in [0.4, 0.5) is 0 Å². The van der Waals surface area contributed by atoms with Crippen LogP contribution >= 0.6 is 0 Å². The van der Waals surface area contributed by atoms with Crippen molar-refractivity contribution in [3.63, 3.8) is 0 Å². The molecular weight excluding hydrogens is 394 g/mol. The first kappa shape index (κ1) is 20.8. The minimum atomic E-state index is -3.46. The lowest BCUT2D eigenvalue weighted by Gasteiger charge is -2.32. The zero-order chi connectivity index (χ0) is 21.3. The molecule has 158 valence electrons. The number of sulfonamides is 1. The molecule has 1 aliphatic heterocycles. The highest BCUT2D eigenvalue weighted by atomic mass is 32.2. The van der Waals surface area contributed by atoms with Crippen LogP contribution in [0.25, 0.3) is 11.4 Å². The van der Waals surface area contributed by atoms with E-state index in [0.29, 0.717) is 23.9 Å². The fourth-order valence-electron chi connectivity index (χ4n) is 4.62. The zero-order valence-corrected chi connectivity index (χ0v) is 18.7. The summed E-state index contributed by atoms with van der Waals surface area (Å²) in [6.07, 6.45) is 5.57. The summed E-state index contributed by atoms with van der Waals surface area (Å²) in [5.41, 5.74) is 3.87. The molecule has 0 aliphatic carbocycles. The Hall–Kier alpha value is -2.44. The minimum Gasteiger partial charge on any atom is -0.331 e. The summed E-state index contributed by atoms with van der Waals surface area (Å²) >= 11 is 0. The maximum absolute atomic E-state index is 13.3. The topological polar surface area (TPSA) is 55.2 Å². The first-order valence-electron chi connectivity index (χ1n) is 10.5. The summed E-state index contributed by atoms with van der Waals surface area (Å²) < 4.78 is 30.5. The molecule has 3 aromatic rings. The maximum atomic E-state index is 13.3. The third-order valence-electron chi connectivity index (χ3n) is 5.98. The largest absolute Gasteiger partial charge is 0.331 e. The van der Waals surface area contributed by atoms with E-state index in [0.717, 1.165) is 47.5 Å². The average molecular weight is 424 g/mol. The van der Waals surface area contributed by atoms with Crippen LogP contribution in [0.3, 0.4) is 0 Å². The van der Waals surface area contributed by atoms with Crippen LogP contribution in [-0.4, -0.2) is 35.4 Å². The van der Waals surface area contributed by atoms with Gasteiger partial charge in [-0.15, -0.1) is 0 Å². The van der Waals surface area contributed by atoms with E-state index >= 15 is 0 Å². The number of aryl methyl sites for hydroxylation is 3. The molecule has 0 N–H and O–H groups in total. The SMILES string of the molecule is Cc1cc(C)c(S(=O)(=O)N2CCC(Cn3ccnc3-c3ccccc3)CC2)c(C)c1. The molecule has 0 spiro atoms. The van der Waals surface area contributed by atoms with Crippen molar-refractivity contribution in [3.8, 4) is 11.4 Å². The summed E-state index contributed by atoms with van der Waals surface area (Å²) in [6.45, 7) is 7.78. The number of rotatable bonds is 5. The van der Waals surface area contributed by atoms with E-state index in [-0.39, 0.29) is 0 Å². The van der Waals surface area contributed by atoms with Crippen LogP contribution in [0.1, 0.15) is 29.5 Å². The van der Waals surface area contributed by atoms with Crippen molar-refractivity contribution >= 4 is 10.0 Å². The second kappa shape index (κ2) is 8.36. The van der Waals surface area contributed by atoms with Crippen LogP contribution in [-0.2, 0) is 16.6 Å². The van der Waals surface area contributed by atoms with Gasteiger partial charge in [-0.1, -0.05) is 48.0 Å². The van der Waals surface area contributed by atoms with E-state index < -0.39 is 10.0 Å². The molecule has 4 rings (SSSR count). The highest BCUT2D eigenvalue weighted by molar-refractivity contribution is 7.89. The highest BCUT2D eigenvalue weighted by Gasteiger charge is 2.31. The summed E-state index contributed by atoms with van der Waals surface area (Å²) in [7, 11) is -3.46. The lowest BCUT2D eigenvalue weighted by molar-refractivity contribution is 0.253. The normalized spacial score (nSPS) is 16.1. The maximum Gasteiger partial charge on any atom is 0.243 e. The van der Waals surface area contributed by atoms with Gasteiger partial charge in [0.15, 0.2) is 0 Å². The van der Waals surface area contributed by atoms with Gasteiger partial charge in [0.2, 0.25) is 10.0 Å². The Labute approximate surface area is 179 Å². The molecule has 0 saturated carbocycles. The zero-order valence-electron chi connectivity index (χ0n) is 17.9. The Bertz CT molecular complexity index is 1110.